The van der Waals surface area contributed by atoms with Crippen LogP contribution in [-0.4, -0.2) is 36.0 Å². The van der Waals surface area contributed by atoms with Crippen LogP contribution in [0.25, 0.3) is 0 Å². The topological polar surface area (TPSA) is 12.5 Å². The van der Waals surface area contributed by atoms with Crippen LogP contribution in [0.3, 0.4) is 0 Å². The number of piperidine rings is 1. The van der Waals surface area contributed by atoms with E-state index in [0.29, 0.717) is 10.7 Å². The van der Waals surface area contributed by atoms with Gasteiger partial charge in [-0.2, -0.15) is 0 Å². The molecular formula is C15H20BrNO. The fourth-order valence-corrected chi connectivity index (χ4v) is 3.62. The van der Waals surface area contributed by atoms with Gasteiger partial charge >= 0.3 is 0 Å². The number of rotatable bonds is 2. The number of nitrogens with zero attached hydrogens (tertiary/aromatic N) is 1. The largest absolute Gasteiger partial charge is 0.493 e. The fraction of sp³-hybridized carbons (Fsp3) is 0.600. The maximum absolute atomic E-state index is 5.76. The van der Waals surface area contributed by atoms with Gasteiger partial charge in [0.15, 0.2) is 0 Å². The quantitative estimate of drug-likeness (QED) is 0.778. The first-order valence-corrected chi connectivity index (χ1v) is 7.74. The summed E-state index contributed by atoms with van der Waals surface area (Å²) in [5, 5.41) is 0. The van der Waals surface area contributed by atoms with Crippen LogP contribution in [0.15, 0.2) is 24.3 Å². The molecule has 0 spiro atoms. The normalized spacial score (nSPS) is 32.0. The van der Waals surface area contributed by atoms with Crippen LogP contribution in [-0.2, 0) is 0 Å². The van der Waals surface area contributed by atoms with E-state index in [1.165, 1.54) is 25.1 Å². The number of hydrogen-bond acceptors (Lipinski definition) is 2. The first kappa shape index (κ1) is 12.5. The second kappa shape index (κ2) is 5.22. The Morgan fingerprint density at radius 1 is 1.39 bits per heavy atom. The summed E-state index contributed by atoms with van der Waals surface area (Å²) in [5.74, 6) is 2.44. The zero-order chi connectivity index (χ0) is 12.5. The molecule has 0 amide bonds. The summed E-state index contributed by atoms with van der Waals surface area (Å²) < 4.78 is 5.76. The zero-order valence-electron chi connectivity index (χ0n) is 10.8. The lowest BCUT2D eigenvalue weighted by atomic mass is 9.96. The SMILES string of the molecule is CC1CCN(CC2COc3ccccc32)CC1Br. The van der Waals surface area contributed by atoms with Crippen molar-refractivity contribution in [3.05, 3.63) is 29.8 Å². The maximum Gasteiger partial charge on any atom is 0.122 e. The molecule has 1 aromatic rings. The van der Waals surface area contributed by atoms with Crippen LogP contribution in [0.5, 0.6) is 5.75 Å². The van der Waals surface area contributed by atoms with E-state index in [9.17, 15) is 0 Å². The first-order valence-electron chi connectivity index (χ1n) is 6.82. The molecule has 18 heavy (non-hydrogen) atoms. The van der Waals surface area contributed by atoms with E-state index in [4.69, 9.17) is 4.74 Å². The molecule has 0 radical (unpaired) electrons. The van der Waals surface area contributed by atoms with Crippen molar-refractivity contribution in [3.8, 4) is 5.75 Å². The summed E-state index contributed by atoms with van der Waals surface area (Å²) in [7, 11) is 0. The van der Waals surface area contributed by atoms with Crippen LogP contribution < -0.4 is 4.74 Å². The number of likely N-dealkylation sites (tertiary alicyclic amines) is 1. The monoisotopic (exact) mass is 309 g/mol. The number of alkyl halides is 1. The molecule has 2 aliphatic heterocycles. The summed E-state index contributed by atoms with van der Waals surface area (Å²) in [4.78, 5) is 3.22. The van der Waals surface area contributed by atoms with Gasteiger partial charge in [0.25, 0.3) is 0 Å². The molecule has 1 aromatic carbocycles. The van der Waals surface area contributed by atoms with Gasteiger partial charge < -0.3 is 9.64 Å². The smallest absolute Gasteiger partial charge is 0.122 e. The Bertz CT molecular complexity index is 423. The number of para-hydroxylation sites is 1. The molecule has 0 N–H and O–H groups in total. The summed E-state index contributed by atoms with van der Waals surface area (Å²) in [6, 6.07) is 8.47. The minimum atomic E-state index is 0.550. The fourth-order valence-electron chi connectivity index (χ4n) is 2.94. The van der Waals surface area contributed by atoms with Crippen molar-refractivity contribution >= 4 is 15.9 Å². The molecule has 0 aliphatic carbocycles. The minimum Gasteiger partial charge on any atom is -0.493 e. The summed E-state index contributed by atoms with van der Waals surface area (Å²) in [6.45, 7) is 6.71. The van der Waals surface area contributed by atoms with Gasteiger partial charge in [-0.3, -0.25) is 0 Å². The molecule has 2 aliphatic rings. The summed E-state index contributed by atoms with van der Waals surface area (Å²) >= 11 is 3.80. The molecule has 0 bridgehead atoms. The molecule has 3 atom stereocenters. The van der Waals surface area contributed by atoms with E-state index in [0.717, 1.165) is 24.8 Å². The third-order valence-corrected chi connectivity index (χ3v) is 5.42. The van der Waals surface area contributed by atoms with Gasteiger partial charge in [0, 0.05) is 29.4 Å². The van der Waals surface area contributed by atoms with Gasteiger partial charge in [0.1, 0.15) is 5.75 Å². The van der Waals surface area contributed by atoms with Crippen molar-refractivity contribution in [2.24, 2.45) is 5.92 Å². The lowest BCUT2D eigenvalue weighted by Gasteiger charge is -2.35. The lowest BCUT2D eigenvalue weighted by molar-refractivity contribution is 0.181. The van der Waals surface area contributed by atoms with Crippen molar-refractivity contribution < 1.29 is 4.74 Å². The molecular weight excluding hydrogens is 290 g/mol. The van der Waals surface area contributed by atoms with Crippen molar-refractivity contribution in [1.29, 1.82) is 0 Å². The van der Waals surface area contributed by atoms with Crippen LogP contribution >= 0.6 is 15.9 Å². The van der Waals surface area contributed by atoms with Crippen LogP contribution in [0.1, 0.15) is 24.8 Å². The molecule has 0 aromatic heterocycles. The third kappa shape index (κ3) is 2.43. The number of fused-ring (bicyclic) bond motifs is 1. The Morgan fingerprint density at radius 3 is 3.06 bits per heavy atom. The Morgan fingerprint density at radius 2 is 2.22 bits per heavy atom. The van der Waals surface area contributed by atoms with Crippen molar-refractivity contribution in [2.45, 2.75) is 24.1 Å². The number of halogens is 1. The van der Waals surface area contributed by atoms with E-state index < -0.39 is 0 Å². The average molecular weight is 310 g/mol. The highest BCUT2D eigenvalue weighted by molar-refractivity contribution is 9.09. The van der Waals surface area contributed by atoms with Crippen molar-refractivity contribution in [3.63, 3.8) is 0 Å². The highest BCUT2D eigenvalue weighted by Crippen LogP contribution is 2.35. The van der Waals surface area contributed by atoms with Gasteiger partial charge in [0.2, 0.25) is 0 Å². The van der Waals surface area contributed by atoms with Gasteiger partial charge in [0.05, 0.1) is 6.61 Å². The highest BCUT2D eigenvalue weighted by atomic mass is 79.9. The summed E-state index contributed by atoms with van der Waals surface area (Å²) in [5.41, 5.74) is 1.39. The first-order chi connectivity index (χ1) is 8.74. The van der Waals surface area contributed by atoms with Gasteiger partial charge in [-0.15, -0.1) is 0 Å². The second-order valence-corrected chi connectivity index (χ2v) is 6.76. The zero-order valence-corrected chi connectivity index (χ0v) is 12.4. The van der Waals surface area contributed by atoms with Crippen LogP contribution in [0.2, 0.25) is 0 Å². The number of benzene rings is 1. The van der Waals surface area contributed by atoms with E-state index in [1.807, 2.05) is 0 Å². The number of ether oxygens (including phenoxy) is 1. The third-order valence-electron chi connectivity index (χ3n) is 4.23. The lowest BCUT2D eigenvalue weighted by Crippen LogP contribution is -2.42. The standard InChI is InChI=1S/C15H20BrNO/c1-11-6-7-17(9-14(11)16)8-12-10-18-15-5-3-2-4-13(12)15/h2-5,11-12,14H,6-10H2,1H3. The molecule has 0 saturated carbocycles. The molecule has 3 unspecified atom stereocenters. The Balaban J connectivity index is 1.65. The molecule has 98 valence electrons. The van der Waals surface area contributed by atoms with Gasteiger partial charge in [-0.25, -0.2) is 0 Å². The Hall–Kier alpha value is -0.540. The molecule has 2 heterocycles. The molecule has 1 saturated heterocycles. The maximum atomic E-state index is 5.76. The number of hydrogen-bond donors (Lipinski definition) is 0. The highest BCUT2D eigenvalue weighted by Gasteiger charge is 2.29. The van der Waals surface area contributed by atoms with E-state index >= 15 is 0 Å². The van der Waals surface area contributed by atoms with E-state index in [2.05, 4.69) is 52.0 Å². The molecule has 1 fully saturated rings. The molecule has 2 nitrogen and oxygen atoms in total. The van der Waals surface area contributed by atoms with Crippen LogP contribution in [0, 0.1) is 5.92 Å². The molecule has 3 rings (SSSR count). The van der Waals surface area contributed by atoms with Crippen molar-refractivity contribution in [1.82, 2.24) is 4.90 Å². The molecule has 3 heteroatoms. The van der Waals surface area contributed by atoms with Gasteiger partial charge in [-0.05, 0) is 24.9 Å². The summed E-state index contributed by atoms with van der Waals surface area (Å²) in [6.07, 6.45) is 1.30. The Labute approximate surface area is 117 Å². The van der Waals surface area contributed by atoms with E-state index in [1.54, 1.807) is 0 Å². The predicted molar refractivity (Wildman–Crippen MR) is 77.6 cm³/mol. The van der Waals surface area contributed by atoms with Gasteiger partial charge in [-0.1, -0.05) is 41.1 Å². The Kier molecular flexibility index (Phi) is 3.62. The van der Waals surface area contributed by atoms with E-state index in [-0.39, 0.29) is 0 Å². The predicted octanol–water partition coefficient (Wildman–Crippen LogP) is 3.27. The second-order valence-electron chi connectivity index (χ2n) is 5.59. The van der Waals surface area contributed by atoms with Crippen molar-refractivity contribution in [2.75, 3.05) is 26.2 Å². The van der Waals surface area contributed by atoms with Crippen LogP contribution in [0.4, 0.5) is 0 Å². The minimum absolute atomic E-state index is 0.550. The average Bonchev–Trinajstić information content (AvgIpc) is 2.78.